The molecule has 0 spiro atoms. The highest BCUT2D eigenvalue weighted by Crippen LogP contribution is 2.00. The fraction of sp³-hybridized carbons (Fsp3) is 0.364. The molecule has 0 radical (unpaired) electrons. The molecule has 0 fully saturated rings. The van der Waals surface area contributed by atoms with Gasteiger partial charge in [-0.3, -0.25) is 4.57 Å². The Morgan fingerprint density at radius 1 is 1.35 bits per heavy atom. The summed E-state index contributed by atoms with van der Waals surface area (Å²) >= 11 is 0. The molecule has 17 heavy (non-hydrogen) atoms. The van der Waals surface area contributed by atoms with E-state index in [2.05, 4.69) is 20.3 Å². The zero-order valence-electron chi connectivity index (χ0n) is 9.71. The van der Waals surface area contributed by atoms with Gasteiger partial charge in [0.15, 0.2) is 0 Å². The highest BCUT2D eigenvalue weighted by atomic mass is 16.5. The van der Waals surface area contributed by atoms with Crippen LogP contribution in [-0.4, -0.2) is 39.8 Å². The molecule has 0 saturated heterocycles. The van der Waals surface area contributed by atoms with Crippen LogP contribution < -0.4 is 5.32 Å². The predicted octanol–water partition coefficient (Wildman–Crippen LogP) is 0.398. The normalized spacial score (nSPS) is 10.6. The van der Waals surface area contributed by atoms with Gasteiger partial charge in [-0.15, -0.1) is 0 Å². The maximum Gasteiger partial charge on any atom is 0.234 e. The van der Waals surface area contributed by atoms with E-state index in [-0.39, 0.29) is 0 Å². The van der Waals surface area contributed by atoms with E-state index >= 15 is 0 Å². The monoisotopic (exact) mass is 233 g/mol. The molecule has 6 nitrogen and oxygen atoms in total. The molecular formula is C11H15N5O. The van der Waals surface area contributed by atoms with Crippen molar-refractivity contribution in [2.45, 2.75) is 6.54 Å². The molecule has 1 N–H and O–H groups in total. The van der Waals surface area contributed by atoms with E-state index in [1.807, 2.05) is 18.6 Å². The SMILES string of the molecule is COCCNCc1cnc(-n2ccnc2)nc1. The number of imidazole rings is 1. The van der Waals surface area contributed by atoms with Gasteiger partial charge in [0.2, 0.25) is 5.95 Å². The van der Waals surface area contributed by atoms with Gasteiger partial charge in [-0.1, -0.05) is 0 Å². The zero-order valence-corrected chi connectivity index (χ0v) is 9.71. The number of rotatable bonds is 6. The number of hydrogen-bond acceptors (Lipinski definition) is 5. The third kappa shape index (κ3) is 3.33. The van der Waals surface area contributed by atoms with Crippen LogP contribution in [0.2, 0.25) is 0 Å². The molecule has 0 atom stereocenters. The van der Waals surface area contributed by atoms with E-state index in [1.54, 1.807) is 24.2 Å². The van der Waals surface area contributed by atoms with Crippen molar-refractivity contribution >= 4 is 0 Å². The van der Waals surface area contributed by atoms with Crippen LogP contribution >= 0.6 is 0 Å². The second-order valence-electron chi connectivity index (χ2n) is 3.53. The number of nitrogens with zero attached hydrogens (tertiary/aromatic N) is 4. The number of methoxy groups -OCH3 is 1. The van der Waals surface area contributed by atoms with Crippen LogP contribution in [-0.2, 0) is 11.3 Å². The zero-order chi connectivity index (χ0) is 11.9. The van der Waals surface area contributed by atoms with Gasteiger partial charge in [0.1, 0.15) is 6.33 Å². The lowest BCUT2D eigenvalue weighted by molar-refractivity contribution is 0.199. The molecule has 0 aliphatic rings. The average Bonchev–Trinajstić information content (AvgIpc) is 2.89. The molecule has 2 rings (SSSR count). The summed E-state index contributed by atoms with van der Waals surface area (Å²) in [6.45, 7) is 2.27. The molecule has 0 bridgehead atoms. The molecule has 0 unspecified atom stereocenters. The second-order valence-corrected chi connectivity index (χ2v) is 3.53. The van der Waals surface area contributed by atoms with Gasteiger partial charge in [0.25, 0.3) is 0 Å². The topological polar surface area (TPSA) is 64.9 Å². The molecule has 0 aliphatic carbocycles. The van der Waals surface area contributed by atoms with E-state index in [0.717, 1.165) is 18.7 Å². The Bertz CT molecular complexity index is 426. The average molecular weight is 233 g/mol. The Kier molecular flexibility index (Phi) is 4.17. The minimum atomic E-state index is 0.628. The number of ether oxygens (including phenoxy) is 1. The van der Waals surface area contributed by atoms with Crippen molar-refractivity contribution in [3.8, 4) is 5.95 Å². The van der Waals surface area contributed by atoms with Crippen molar-refractivity contribution in [2.24, 2.45) is 0 Å². The first kappa shape index (κ1) is 11.7. The standard InChI is InChI=1S/C11H15N5O/c1-17-5-3-12-6-10-7-14-11(15-8-10)16-4-2-13-9-16/h2,4,7-9,12H,3,5-6H2,1H3. The third-order valence-electron chi connectivity index (χ3n) is 2.24. The van der Waals surface area contributed by atoms with Gasteiger partial charge >= 0.3 is 0 Å². The maximum absolute atomic E-state index is 4.94. The van der Waals surface area contributed by atoms with Crippen molar-refractivity contribution in [3.05, 3.63) is 36.7 Å². The summed E-state index contributed by atoms with van der Waals surface area (Å²) in [5.41, 5.74) is 1.05. The van der Waals surface area contributed by atoms with Crippen LogP contribution in [0.5, 0.6) is 0 Å². The Labute approximate surface area is 99.7 Å². The van der Waals surface area contributed by atoms with Crippen molar-refractivity contribution in [3.63, 3.8) is 0 Å². The van der Waals surface area contributed by atoms with Crippen LogP contribution in [0.1, 0.15) is 5.56 Å². The largest absolute Gasteiger partial charge is 0.383 e. The van der Waals surface area contributed by atoms with Crippen LogP contribution in [0.4, 0.5) is 0 Å². The number of hydrogen-bond donors (Lipinski definition) is 1. The minimum absolute atomic E-state index is 0.628. The molecule has 0 saturated carbocycles. The van der Waals surface area contributed by atoms with E-state index in [9.17, 15) is 0 Å². The molecule has 0 amide bonds. The Morgan fingerprint density at radius 3 is 2.82 bits per heavy atom. The van der Waals surface area contributed by atoms with Crippen LogP contribution in [0.15, 0.2) is 31.1 Å². The van der Waals surface area contributed by atoms with Gasteiger partial charge in [-0.2, -0.15) is 0 Å². The summed E-state index contributed by atoms with van der Waals surface area (Å²) in [5, 5.41) is 3.23. The van der Waals surface area contributed by atoms with E-state index in [0.29, 0.717) is 12.6 Å². The van der Waals surface area contributed by atoms with Crippen molar-refractivity contribution in [2.75, 3.05) is 20.3 Å². The molecule has 2 aromatic rings. The minimum Gasteiger partial charge on any atom is -0.383 e. The Balaban J connectivity index is 1.90. The first-order chi connectivity index (χ1) is 8.40. The highest BCUT2D eigenvalue weighted by Gasteiger charge is 1.99. The van der Waals surface area contributed by atoms with Crippen molar-refractivity contribution in [1.82, 2.24) is 24.8 Å². The molecular weight excluding hydrogens is 218 g/mol. The number of nitrogens with one attached hydrogen (secondary N) is 1. The van der Waals surface area contributed by atoms with Crippen molar-refractivity contribution in [1.29, 1.82) is 0 Å². The molecule has 0 aromatic carbocycles. The summed E-state index contributed by atoms with van der Waals surface area (Å²) in [6.07, 6.45) is 8.80. The maximum atomic E-state index is 4.94. The van der Waals surface area contributed by atoms with Gasteiger partial charge in [-0.05, 0) is 0 Å². The van der Waals surface area contributed by atoms with Crippen LogP contribution in [0, 0.1) is 0 Å². The van der Waals surface area contributed by atoms with E-state index in [4.69, 9.17) is 4.74 Å². The molecule has 90 valence electrons. The summed E-state index contributed by atoms with van der Waals surface area (Å²) in [7, 11) is 1.69. The quantitative estimate of drug-likeness (QED) is 0.731. The molecule has 2 aromatic heterocycles. The lowest BCUT2D eigenvalue weighted by atomic mass is 10.3. The lowest BCUT2D eigenvalue weighted by Gasteiger charge is -2.04. The second kappa shape index (κ2) is 6.07. The summed E-state index contributed by atoms with van der Waals surface area (Å²) in [5.74, 6) is 0.628. The van der Waals surface area contributed by atoms with Crippen LogP contribution in [0.3, 0.4) is 0 Å². The number of aromatic nitrogens is 4. The first-order valence-electron chi connectivity index (χ1n) is 5.39. The summed E-state index contributed by atoms with van der Waals surface area (Å²) in [6, 6.07) is 0. The molecule has 0 aliphatic heterocycles. The fourth-order valence-electron chi connectivity index (χ4n) is 1.36. The van der Waals surface area contributed by atoms with E-state index < -0.39 is 0 Å². The van der Waals surface area contributed by atoms with Gasteiger partial charge in [0.05, 0.1) is 6.61 Å². The van der Waals surface area contributed by atoms with Crippen molar-refractivity contribution < 1.29 is 4.74 Å². The van der Waals surface area contributed by atoms with Gasteiger partial charge in [0, 0.05) is 50.6 Å². The fourth-order valence-corrected chi connectivity index (χ4v) is 1.36. The van der Waals surface area contributed by atoms with Gasteiger partial charge in [-0.25, -0.2) is 15.0 Å². The van der Waals surface area contributed by atoms with E-state index in [1.165, 1.54) is 0 Å². The summed E-state index contributed by atoms with van der Waals surface area (Å²) in [4.78, 5) is 12.5. The summed E-state index contributed by atoms with van der Waals surface area (Å²) < 4.78 is 6.71. The Morgan fingerprint density at radius 2 is 2.18 bits per heavy atom. The van der Waals surface area contributed by atoms with Crippen LogP contribution in [0.25, 0.3) is 5.95 Å². The first-order valence-corrected chi connectivity index (χ1v) is 5.39. The smallest absolute Gasteiger partial charge is 0.234 e. The predicted molar refractivity (Wildman–Crippen MR) is 62.7 cm³/mol. The lowest BCUT2D eigenvalue weighted by Crippen LogP contribution is -2.18. The van der Waals surface area contributed by atoms with Gasteiger partial charge < -0.3 is 10.1 Å². The highest BCUT2D eigenvalue weighted by molar-refractivity contribution is 5.14. The molecule has 2 heterocycles. The third-order valence-corrected chi connectivity index (χ3v) is 2.24. The molecule has 6 heteroatoms. The Hall–Kier alpha value is -1.79.